The van der Waals surface area contributed by atoms with Gasteiger partial charge < -0.3 is 10.5 Å². The van der Waals surface area contributed by atoms with Gasteiger partial charge in [-0.3, -0.25) is 13.6 Å². The first-order valence-electron chi connectivity index (χ1n) is 6.54. The van der Waals surface area contributed by atoms with Crippen molar-refractivity contribution in [2.75, 3.05) is 19.8 Å². The number of phosphoric ester groups is 1. The minimum absolute atomic E-state index is 0.0963. The van der Waals surface area contributed by atoms with E-state index in [2.05, 4.69) is 0 Å². The van der Waals surface area contributed by atoms with Gasteiger partial charge in [0.25, 0.3) is 0 Å². The molecule has 0 heterocycles. The van der Waals surface area contributed by atoms with Crippen molar-refractivity contribution in [3.8, 4) is 0 Å². The topological polar surface area (TPSA) is 80.0 Å². The summed E-state index contributed by atoms with van der Waals surface area (Å²) in [6, 6.07) is 9.66. The van der Waals surface area contributed by atoms with Crippen LogP contribution in [0.2, 0.25) is 0 Å². The molecule has 1 rings (SSSR count). The molecule has 0 fully saturated rings. The van der Waals surface area contributed by atoms with Gasteiger partial charge in [0.2, 0.25) is 0 Å². The Hall–Kier alpha value is -0.750. The van der Waals surface area contributed by atoms with Crippen LogP contribution in [0, 0.1) is 0 Å². The fourth-order valence-electron chi connectivity index (χ4n) is 1.48. The molecule has 0 bridgehead atoms. The van der Waals surface area contributed by atoms with Crippen molar-refractivity contribution in [1.82, 2.24) is 0 Å². The molecule has 20 heavy (non-hydrogen) atoms. The van der Waals surface area contributed by atoms with E-state index in [1.54, 1.807) is 13.8 Å². The van der Waals surface area contributed by atoms with E-state index in [0.717, 1.165) is 5.56 Å². The maximum Gasteiger partial charge on any atom is 0.476 e. The lowest BCUT2D eigenvalue weighted by molar-refractivity contribution is 0.0160. The Kier molecular flexibility index (Phi) is 7.99. The molecule has 1 aromatic carbocycles. The second-order valence-electron chi connectivity index (χ2n) is 3.93. The van der Waals surface area contributed by atoms with Gasteiger partial charge in [-0.1, -0.05) is 30.3 Å². The van der Waals surface area contributed by atoms with Crippen LogP contribution in [0.15, 0.2) is 30.3 Å². The minimum Gasteiger partial charge on any atom is -0.373 e. The van der Waals surface area contributed by atoms with Crippen LogP contribution in [0.25, 0.3) is 0 Å². The van der Waals surface area contributed by atoms with Gasteiger partial charge in [-0.15, -0.1) is 0 Å². The molecule has 0 aliphatic heterocycles. The molecule has 0 aliphatic carbocycles. The summed E-state index contributed by atoms with van der Waals surface area (Å²) in [5.74, 6) is 0. The number of hydrogen-bond donors (Lipinski definition) is 1. The monoisotopic (exact) mass is 303 g/mol. The number of hydrogen-bond acceptors (Lipinski definition) is 6. The van der Waals surface area contributed by atoms with Crippen LogP contribution in [0.1, 0.15) is 19.4 Å². The van der Waals surface area contributed by atoms with Crippen molar-refractivity contribution in [2.45, 2.75) is 26.7 Å². The smallest absolute Gasteiger partial charge is 0.373 e. The molecule has 7 heteroatoms. The normalized spacial score (nSPS) is 13.3. The molecule has 1 aromatic rings. The summed E-state index contributed by atoms with van der Waals surface area (Å²) in [4.78, 5) is 0. The molecule has 0 radical (unpaired) electrons. The maximum atomic E-state index is 12.1. The molecule has 1 unspecified atom stereocenters. The van der Waals surface area contributed by atoms with E-state index >= 15 is 0 Å². The van der Waals surface area contributed by atoms with E-state index < -0.39 is 14.1 Å². The predicted molar refractivity (Wildman–Crippen MR) is 76.0 cm³/mol. The molecule has 0 amide bonds. The Balaban J connectivity index is 2.34. The lowest BCUT2D eigenvalue weighted by Gasteiger charge is -2.20. The molecule has 0 aliphatic rings. The van der Waals surface area contributed by atoms with Crippen LogP contribution in [-0.4, -0.2) is 26.0 Å². The highest BCUT2D eigenvalue weighted by Crippen LogP contribution is 2.49. The van der Waals surface area contributed by atoms with Gasteiger partial charge in [0.1, 0.15) is 6.23 Å². The van der Waals surface area contributed by atoms with E-state index in [-0.39, 0.29) is 19.8 Å². The third-order valence-electron chi connectivity index (χ3n) is 2.23. The molecule has 2 N–H and O–H groups in total. The van der Waals surface area contributed by atoms with Crippen molar-refractivity contribution < 1.29 is 22.9 Å². The molecule has 0 aromatic heterocycles. The molecule has 1 atom stereocenters. The minimum atomic E-state index is -3.59. The summed E-state index contributed by atoms with van der Waals surface area (Å²) >= 11 is 0. The zero-order valence-corrected chi connectivity index (χ0v) is 12.8. The summed E-state index contributed by atoms with van der Waals surface area (Å²) in [6.07, 6.45) is -0.873. The lowest BCUT2D eigenvalue weighted by Crippen LogP contribution is -2.29. The zero-order chi connectivity index (χ0) is 14.8. The molecule has 0 spiro atoms. The van der Waals surface area contributed by atoms with Gasteiger partial charge in [0.15, 0.2) is 0 Å². The van der Waals surface area contributed by atoms with Crippen molar-refractivity contribution in [1.29, 1.82) is 0 Å². The largest absolute Gasteiger partial charge is 0.476 e. The highest BCUT2D eigenvalue weighted by molar-refractivity contribution is 7.48. The highest BCUT2D eigenvalue weighted by Gasteiger charge is 2.28. The molecule has 0 saturated heterocycles. The van der Waals surface area contributed by atoms with E-state index in [9.17, 15) is 4.57 Å². The van der Waals surface area contributed by atoms with Crippen LogP contribution >= 0.6 is 7.82 Å². The standard InChI is InChI=1S/C13H22NO5P/c1-3-17-20(15,18-4-2)19-13(14)11-16-10-12-8-6-5-7-9-12/h5-9,13H,3-4,10-11,14H2,1-2H3. The summed E-state index contributed by atoms with van der Waals surface area (Å²) in [7, 11) is -3.59. The first-order chi connectivity index (χ1) is 9.59. The fourth-order valence-corrected chi connectivity index (χ4v) is 2.70. The molecule has 6 nitrogen and oxygen atoms in total. The van der Waals surface area contributed by atoms with E-state index in [4.69, 9.17) is 24.0 Å². The molecule has 0 saturated carbocycles. The van der Waals surface area contributed by atoms with Gasteiger partial charge in [-0.2, -0.15) is 0 Å². The van der Waals surface area contributed by atoms with Gasteiger partial charge in [0.05, 0.1) is 26.4 Å². The number of phosphoric acid groups is 1. The van der Waals surface area contributed by atoms with Crippen LogP contribution in [0.3, 0.4) is 0 Å². The Morgan fingerprint density at radius 3 is 2.30 bits per heavy atom. The van der Waals surface area contributed by atoms with Gasteiger partial charge in [-0.25, -0.2) is 4.57 Å². The highest BCUT2D eigenvalue weighted by atomic mass is 31.2. The SMILES string of the molecule is CCOP(=O)(OCC)OC(N)COCc1ccccc1. The maximum absolute atomic E-state index is 12.1. The van der Waals surface area contributed by atoms with E-state index in [1.165, 1.54) is 0 Å². The number of ether oxygens (including phenoxy) is 1. The zero-order valence-electron chi connectivity index (χ0n) is 11.9. The average Bonchev–Trinajstić information content (AvgIpc) is 2.40. The molecular weight excluding hydrogens is 281 g/mol. The van der Waals surface area contributed by atoms with E-state index in [1.807, 2.05) is 30.3 Å². The first kappa shape index (κ1) is 17.3. The third-order valence-corrected chi connectivity index (χ3v) is 3.91. The summed E-state index contributed by atoms with van der Waals surface area (Å²) in [5.41, 5.74) is 6.73. The van der Waals surface area contributed by atoms with Crippen molar-refractivity contribution in [3.63, 3.8) is 0 Å². The van der Waals surface area contributed by atoms with Crippen LogP contribution in [0.5, 0.6) is 0 Å². The lowest BCUT2D eigenvalue weighted by atomic mass is 10.2. The van der Waals surface area contributed by atoms with Gasteiger partial charge in [-0.05, 0) is 19.4 Å². The van der Waals surface area contributed by atoms with E-state index in [0.29, 0.717) is 6.61 Å². The predicted octanol–water partition coefficient (Wildman–Crippen LogP) is 2.69. The Bertz CT molecular complexity index is 404. The van der Waals surface area contributed by atoms with Gasteiger partial charge >= 0.3 is 7.82 Å². The fraction of sp³-hybridized carbons (Fsp3) is 0.538. The van der Waals surface area contributed by atoms with Crippen LogP contribution in [-0.2, 0) is 29.5 Å². The molecule has 114 valence electrons. The third kappa shape index (κ3) is 6.61. The Morgan fingerprint density at radius 1 is 1.15 bits per heavy atom. The van der Waals surface area contributed by atoms with Crippen molar-refractivity contribution in [3.05, 3.63) is 35.9 Å². The number of rotatable bonds is 10. The first-order valence-corrected chi connectivity index (χ1v) is 8.00. The van der Waals surface area contributed by atoms with Crippen LogP contribution in [0.4, 0.5) is 0 Å². The summed E-state index contributed by atoms with van der Waals surface area (Å²) in [5, 5.41) is 0. The van der Waals surface area contributed by atoms with Crippen molar-refractivity contribution in [2.24, 2.45) is 5.73 Å². The number of benzene rings is 1. The Labute approximate surface area is 119 Å². The summed E-state index contributed by atoms with van der Waals surface area (Å²) < 4.78 is 32.5. The average molecular weight is 303 g/mol. The van der Waals surface area contributed by atoms with Gasteiger partial charge in [0, 0.05) is 0 Å². The quantitative estimate of drug-likeness (QED) is 0.529. The van der Waals surface area contributed by atoms with Crippen LogP contribution < -0.4 is 5.73 Å². The molecular formula is C13H22NO5P. The van der Waals surface area contributed by atoms with Crippen molar-refractivity contribution >= 4 is 7.82 Å². The second-order valence-corrected chi connectivity index (χ2v) is 5.55. The Morgan fingerprint density at radius 2 is 1.75 bits per heavy atom. The number of nitrogens with two attached hydrogens (primary N) is 1. The summed E-state index contributed by atoms with van der Waals surface area (Å²) in [6.45, 7) is 4.34. The second kappa shape index (κ2) is 9.23.